The minimum absolute atomic E-state index is 0.132. The molecule has 0 aliphatic carbocycles. The van der Waals surface area contributed by atoms with E-state index in [1.54, 1.807) is 0 Å². The van der Waals surface area contributed by atoms with Crippen molar-refractivity contribution in [2.45, 2.75) is 109 Å². The maximum Gasteiger partial charge on any atom is 0.410 e. The SMILES string of the molecule is CCCCC1N(CC2CCCCO2)C(=O)OC12CCN(C1CCN(C(=O)c3c(C)cccc3C)CC1)CC2. The van der Waals surface area contributed by atoms with E-state index < -0.39 is 0 Å². The summed E-state index contributed by atoms with van der Waals surface area (Å²) in [6, 6.07) is 6.73. The highest BCUT2D eigenvalue weighted by Crippen LogP contribution is 2.42. The zero-order valence-corrected chi connectivity index (χ0v) is 23.8. The first-order chi connectivity index (χ1) is 18.4. The van der Waals surface area contributed by atoms with Crippen molar-refractivity contribution in [3.63, 3.8) is 0 Å². The van der Waals surface area contributed by atoms with Crippen LogP contribution in [-0.2, 0) is 9.47 Å². The number of hydrogen-bond donors (Lipinski definition) is 0. The van der Waals surface area contributed by atoms with Crippen LogP contribution in [0.25, 0.3) is 0 Å². The van der Waals surface area contributed by atoms with Gasteiger partial charge < -0.3 is 14.4 Å². The summed E-state index contributed by atoms with van der Waals surface area (Å²) in [5.74, 6) is 0.176. The molecule has 38 heavy (non-hydrogen) atoms. The molecule has 0 bridgehead atoms. The van der Waals surface area contributed by atoms with E-state index in [9.17, 15) is 9.59 Å². The van der Waals surface area contributed by atoms with Crippen LogP contribution in [0.5, 0.6) is 0 Å². The Hall–Kier alpha value is -2.12. The Labute approximate surface area is 228 Å². The van der Waals surface area contributed by atoms with Gasteiger partial charge in [-0.15, -0.1) is 0 Å². The standard InChI is InChI=1S/C31H47N3O4/c1-4-5-12-27-31(38-30(36)34(27)22-26-11-6-7-21-37-26)15-19-32(20-16-31)25-13-17-33(18-14-25)29(35)28-23(2)9-8-10-24(28)3/h8-10,25-27H,4-7,11-22H2,1-3H3. The molecule has 1 aromatic carbocycles. The average molecular weight is 526 g/mol. The lowest BCUT2D eigenvalue weighted by atomic mass is 9.81. The van der Waals surface area contributed by atoms with E-state index in [1.807, 2.05) is 41.8 Å². The van der Waals surface area contributed by atoms with Crippen LogP contribution in [0.1, 0.15) is 92.6 Å². The maximum atomic E-state index is 13.3. The Morgan fingerprint density at radius 2 is 1.74 bits per heavy atom. The Morgan fingerprint density at radius 1 is 1.03 bits per heavy atom. The van der Waals surface area contributed by atoms with Crippen LogP contribution >= 0.6 is 0 Å². The molecular formula is C31H47N3O4. The fourth-order valence-electron chi connectivity index (χ4n) is 7.35. The van der Waals surface area contributed by atoms with Crippen LogP contribution in [0.15, 0.2) is 18.2 Å². The molecule has 1 spiro atoms. The van der Waals surface area contributed by atoms with E-state index in [4.69, 9.17) is 9.47 Å². The van der Waals surface area contributed by atoms with Gasteiger partial charge >= 0.3 is 6.09 Å². The summed E-state index contributed by atoms with van der Waals surface area (Å²) in [7, 11) is 0. The number of ether oxygens (including phenoxy) is 2. The third kappa shape index (κ3) is 5.60. The number of hydrogen-bond acceptors (Lipinski definition) is 5. The van der Waals surface area contributed by atoms with Gasteiger partial charge in [0, 0.05) is 57.2 Å². The van der Waals surface area contributed by atoms with Crippen molar-refractivity contribution in [2.24, 2.45) is 0 Å². The van der Waals surface area contributed by atoms with E-state index in [1.165, 1.54) is 6.42 Å². The largest absolute Gasteiger partial charge is 0.440 e. The van der Waals surface area contributed by atoms with Crippen molar-refractivity contribution >= 4 is 12.0 Å². The highest BCUT2D eigenvalue weighted by atomic mass is 16.6. The molecule has 4 aliphatic rings. The molecule has 0 saturated carbocycles. The summed E-state index contributed by atoms with van der Waals surface area (Å²) >= 11 is 0. The first-order valence-electron chi connectivity index (χ1n) is 15.1. The second-order valence-electron chi connectivity index (χ2n) is 12.1. The van der Waals surface area contributed by atoms with Gasteiger partial charge in [-0.25, -0.2) is 4.79 Å². The van der Waals surface area contributed by atoms with E-state index >= 15 is 0 Å². The average Bonchev–Trinajstić information content (AvgIpc) is 3.17. The normalized spacial score (nSPS) is 26.7. The zero-order chi connectivity index (χ0) is 26.7. The monoisotopic (exact) mass is 525 g/mol. The van der Waals surface area contributed by atoms with E-state index in [0.717, 1.165) is 107 Å². The first-order valence-corrected chi connectivity index (χ1v) is 15.1. The lowest BCUT2D eigenvalue weighted by molar-refractivity contribution is -0.0418. The van der Waals surface area contributed by atoms with Crippen LogP contribution in [0.4, 0.5) is 4.79 Å². The third-order valence-corrected chi connectivity index (χ3v) is 9.62. The van der Waals surface area contributed by atoms with Crippen molar-refractivity contribution in [3.8, 4) is 0 Å². The first kappa shape index (κ1) is 27.4. The number of carbonyl (C=O) groups excluding carboxylic acids is 2. The second kappa shape index (κ2) is 12.0. The van der Waals surface area contributed by atoms with Crippen LogP contribution in [0.2, 0.25) is 0 Å². The number of rotatable bonds is 7. The highest BCUT2D eigenvalue weighted by Gasteiger charge is 2.55. The number of likely N-dealkylation sites (tertiary alicyclic amines) is 2. The molecule has 0 N–H and O–H groups in total. The van der Waals surface area contributed by atoms with Gasteiger partial charge in [-0.05, 0) is 63.5 Å². The van der Waals surface area contributed by atoms with Crippen molar-refractivity contribution in [3.05, 3.63) is 34.9 Å². The molecule has 4 saturated heterocycles. The van der Waals surface area contributed by atoms with Gasteiger partial charge in [-0.3, -0.25) is 14.6 Å². The Kier molecular flexibility index (Phi) is 8.63. The van der Waals surface area contributed by atoms with Crippen molar-refractivity contribution in [1.29, 1.82) is 0 Å². The topological polar surface area (TPSA) is 62.3 Å². The summed E-state index contributed by atoms with van der Waals surface area (Å²) in [6.45, 7) is 11.3. The Balaban J connectivity index is 1.18. The van der Waals surface area contributed by atoms with E-state index in [-0.39, 0.29) is 29.7 Å². The molecule has 0 aromatic heterocycles. The molecule has 7 nitrogen and oxygen atoms in total. The number of carbonyl (C=O) groups is 2. The summed E-state index contributed by atoms with van der Waals surface area (Å²) in [5, 5.41) is 0. The summed E-state index contributed by atoms with van der Waals surface area (Å²) < 4.78 is 12.3. The fraction of sp³-hybridized carbons (Fsp3) is 0.742. The van der Waals surface area contributed by atoms with Crippen LogP contribution in [-0.4, -0.2) is 89.8 Å². The molecule has 4 heterocycles. The summed E-state index contributed by atoms with van der Waals surface area (Å²) in [6.07, 6.45) is 10.4. The molecular weight excluding hydrogens is 478 g/mol. The minimum Gasteiger partial charge on any atom is -0.440 e. The highest BCUT2D eigenvalue weighted by molar-refractivity contribution is 5.97. The molecule has 1 aromatic rings. The van der Waals surface area contributed by atoms with Gasteiger partial charge in [0.2, 0.25) is 0 Å². The Bertz CT molecular complexity index is 955. The third-order valence-electron chi connectivity index (χ3n) is 9.62. The number of piperidine rings is 2. The number of aryl methyl sites for hydroxylation is 2. The fourth-order valence-corrected chi connectivity index (χ4v) is 7.35. The van der Waals surface area contributed by atoms with Gasteiger partial charge in [0.05, 0.1) is 18.7 Å². The van der Waals surface area contributed by atoms with Crippen molar-refractivity contribution in [2.75, 3.05) is 39.3 Å². The lowest BCUT2D eigenvalue weighted by Crippen LogP contribution is -2.56. The Morgan fingerprint density at radius 3 is 2.37 bits per heavy atom. The predicted molar refractivity (Wildman–Crippen MR) is 148 cm³/mol. The van der Waals surface area contributed by atoms with Gasteiger partial charge in [-0.1, -0.05) is 38.0 Å². The van der Waals surface area contributed by atoms with Crippen LogP contribution in [0.3, 0.4) is 0 Å². The summed E-state index contributed by atoms with van der Waals surface area (Å²) in [4.78, 5) is 33.1. The smallest absolute Gasteiger partial charge is 0.410 e. The number of nitrogens with zero attached hydrogens (tertiary/aromatic N) is 3. The van der Waals surface area contributed by atoms with Crippen molar-refractivity contribution < 1.29 is 19.1 Å². The number of amides is 2. The second-order valence-corrected chi connectivity index (χ2v) is 12.1. The molecule has 4 aliphatic heterocycles. The summed E-state index contributed by atoms with van der Waals surface area (Å²) in [5.41, 5.74) is 2.63. The zero-order valence-electron chi connectivity index (χ0n) is 23.8. The molecule has 4 fully saturated rings. The molecule has 2 amide bonds. The van der Waals surface area contributed by atoms with Gasteiger partial charge in [-0.2, -0.15) is 0 Å². The molecule has 2 atom stereocenters. The van der Waals surface area contributed by atoms with E-state index in [2.05, 4.69) is 11.8 Å². The molecule has 2 unspecified atom stereocenters. The predicted octanol–water partition coefficient (Wildman–Crippen LogP) is 5.32. The quantitative estimate of drug-likeness (QED) is 0.482. The minimum atomic E-state index is -0.365. The van der Waals surface area contributed by atoms with E-state index in [0.29, 0.717) is 12.6 Å². The van der Waals surface area contributed by atoms with Crippen molar-refractivity contribution in [1.82, 2.24) is 14.7 Å². The van der Waals surface area contributed by atoms with Gasteiger partial charge in [0.25, 0.3) is 5.91 Å². The van der Waals surface area contributed by atoms with Gasteiger partial charge in [0.15, 0.2) is 0 Å². The molecule has 7 heteroatoms. The molecule has 0 radical (unpaired) electrons. The molecule has 5 rings (SSSR count). The lowest BCUT2D eigenvalue weighted by Gasteiger charge is -2.46. The van der Waals surface area contributed by atoms with Crippen LogP contribution < -0.4 is 0 Å². The maximum absolute atomic E-state index is 13.3. The molecule has 210 valence electrons. The van der Waals surface area contributed by atoms with Gasteiger partial charge in [0.1, 0.15) is 5.60 Å². The van der Waals surface area contributed by atoms with Crippen LogP contribution in [0, 0.1) is 13.8 Å². The number of unbranched alkanes of at least 4 members (excludes halogenated alkanes) is 1. The number of benzene rings is 1.